The average Bonchev–Trinajstić information content (AvgIpc) is 3.26. The fraction of sp³-hybridized carbons (Fsp3) is 0.429. The smallest absolute Gasteiger partial charge is 0.229 e. The molecule has 2 heterocycles. The summed E-state index contributed by atoms with van der Waals surface area (Å²) in [5.74, 6) is -0.107. The number of rotatable bonds is 6. The maximum absolute atomic E-state index is 12.6. The van der Waals surface area contributed by atoms with Gasteiger partial charge in [0.2, 0.25) is 15.9 Å². The number of nitrogens with one attached hydrogen (secondary N) is 2. The third-order valence-corrected chi connectivity index (χ3v) is 7.33. The first kappa shape index (κ1) is 20.7. The topological polar surface area (TPSA) is 102 Å². The number of thiophene rings is 1. The molecule has 0 spiro atoms. The van der Waals surface area contributed by atoms with Gasteiger partial charge in [0.05, 0.1) is 17.5 Å². The number of nitriles is 1. The van der Waals surface area contributed by atoms with E-state index >= 15 is 0 Å². The number of carbonyl (C=O) groups is 1. The molecule has 158 valence electrons. The van der Waals surface area contributed by atoms with Gasteiger partial charge in [0.25, 0.3) is 0 Å². The van der Waals surface area contributed by atoms with Crippen LogP contribution in [0.2, 0.25) is 0 Å². The van der Waals surface area contributed by atoms with E-state index in [-0.39, 0.29) is 5.91 Å². The highest BCUT2D eigenvalue weighted by molar-refractivity contribution is 7.92. The molecule has 1 aromatic heterocycles. The quantitative estimate of drug-likeness (QED) is 0.712. The maximum Gasteiger partial charge on any atom is 0.229 e. The molecular weight excluding hydrogens is 420 g/mol. The van der Waals surface area contributed by atoms with Crippen LogP contribution in [0.5, 0.6) is 0 Å². The Morgan fingerprint density at radius 2 is 2.03 bits per heavy atom. The molecule has 7 nitrogen and oxygen atoms in total. The minimum Gasteiger partial charge on any atom is -0.371 e. The van der Waals surface area contributed by atoms with Gasteiger partial charge in [-0.1, -0.05) is 6.07 Å². The van der Waals surface area contributed by atoms with E-state index in [1.54, 1.807) is 6.07 Å². The van der Waals surface area contributed by atoms with Gasteiger partial charge in [0.15, 0.2) is 0 Å². The molecule has 0 saturated carbocycles. The van der Waals surface area contributed by atoms with Crippen molar-refractivity contribution in [1.82, 2.24) is 0 Å². The number of amides is 1. The molecule has 1 aliphatic carbocycles. The Kier molecular flexibility index (Phi) is 5.71. The van der Waals surface area contributed by atoms with Crippen molar-refractivity contribution in [3.63, 3.8) is 0 Å². The molecule has 9 heteroatoms. The number of carbonyl (C=O) groups excluding carboxylic acids is 1. The molecule has 0 bridgehead atoms. The molecule has 1 aromatic carbocycles. The lowest BCUT2D eigenvalue weighted by Crippen LogP contribution is -2.33. The summed E-state index contributed by atoms with van der Waals surface area (Å²) in [6.07, 6.45) is 6.12. The van der Waals surface area contributed by atoms with Crippen molar-refractivity contribution in [2.24, 2.45) is 0 Å². The van der Waals surface area contributed by atoms with Crippen LogP contribution in [-0.2, 0) is 34.1 Å². The zero-order valence-electron chi connectivity index (χ0n) is 16.8. The SMILES string of the molecule is CS(=O)(=O)Nc1cccc2c1CCCN2CCC(=O)Nc1sc2c(c1C#N)CCC2. The fourth-order valence-electron chi connectivity index (χ4n) is 4.26. The van der Waals surface area contributed by atoms with E-state index in [0.29, 0.717) is 29.2 Å². The van der Waals surface area contributed by atoms with Gasteiger partial charge in [0, 0.05) is 30.1 Å². The molecule has 4 rings (SSSR count). The van der Waals surface area contributed by atoms with E-state index < -0.39 is 10.0 Å². The van der Waals surface area contributed by atoms with Gasteiger partial charge in [0.1, 0.15) is 11.1 Å². The Hall–Kier alpha value is -2.57. The molecule has 2 N–H and O–H groups in total. The molecule has 0 atom stereocenters. The molecule has 30 heavy (non-hydrogen) atoms. The Morgan fingerprint density at radius 1 is 1.23 bits per heavy atom. The highest BCUT2D eigenvalue weighted by Gasteiger charge is 2.24. The van der Waals surface area contributed by atoms with Crippen molar-refractivity contribution < 1.29 is 13.2 Å². The summed E-state index contributed by atoms with van der Waals surface area (Å²) in [5, 5.41) is 13.1. The second-order valence-electron chi connectivity index (χ2n) is 7.74. The number of hydrogen-bond donors (Lipinski definition) is 2. The molecule has 1 aliphatic heterocycles. The van der Waals surface area contributed by atoms with Gasteiger partial charge in [-0.15, -0.1) is 11.3 Å². The maximum atomic E-state index is 12.6. The molecule has 0 saturated heterocycles. The summed E-state index contributed by atoms with van der Waals surface area (Å²) in [4.78, 5) is 15.9. The van der Waals surface area contributed by atoms with Crippen LogP contribution in [0, 0.1) is 11.3 Å². The summed E-state index contributed by atoms with van der Waals surface area (Å²) in [6, 6.07) is 7.83. The van der Waals surface area contributed by atoms with Crippen LogP contribution in [0.25, 0.3) is 0 Å². The minimum absolute atomic E-state index is 0.107. The van der Waals surface area contributed by atoms with Crippen LogP contribution in [0.15, 0.2) is 18.2 Å². The minimum atomic E-state index is -3.35. The van der Waals surface area contributed by atoms with E-state index in [1.165, 1.54) is 16.2 Å². The molecular formula is C21H24N4O3S2. The highest BCUT2D eigenvalue weighted by atomic mass is 32.2. The van der Waals surface area contributed by atoms with Crippen LogP contribution in [0.4, 0.5) is 16.4 Å². The third-order valence-electron chi connectivity index (χ3n) is 5.54. The van der Waals surface area contributed by atoms with Gasteiger partial charge in [-0.3, -0.25) is 9.52 Å². The second kappa shape index (κ2) is 8.28. The Bertz CT molecular complexity index is 1130. The van der Waals surface area contributed by atoms with Gasteiger partial charge >= 0.3 is 0 Å². The van der Waals surface area contributed by atoms with Crippen molar-refractivity contribution in [1.29, 1.82) is 5.26 Å². The van der Waals surface area contributed by atoms with E-state index in [0.717, 1.165) is 61.7 Å². The van der Waals surface area contributed by atoms with Gasteiger partial charge < -0.3 is 10.2 Å². The largest absolute Gasteiger partial charge is 0.371 e. The number of anilines is 3. The summed E-state index contributed by atoms with van der Waals surface area (Å²) in [5.41, 5.74) is 4.27. The van der Waals surface area contributed by atoms with E-state index in [4.69, 9.17) is 0 Å². The summed E-state index contributed by atoms with van der Waals surface area (Å²) in [7, 11) is -3.35. The third kappa shape index (κ3) is 4.30. The van der Waals surface area contributed by atoms with Gasteiger partial charge in [-0.25, -0.2) is 8.42 Å². The van der Waals surface area contributed by atoms with Crippen LogP contribution < -0.4 is 14.9 Å². The van der Waals surface area contributed by atoms with Gasteiger partial charge in [-0.05, 0) is 55.4 Å². The summed E-state index contributed by atoms with van der Waals surface area (Å²) < 4.78 is 25.9. The number of benzene rings is 1. The Morgan fingerprint density at radius 3 is 2.80 bits per heavy atom. The van der Waals surface area contributed by atoms with Crippen molar-refractivity contribution >= 4 is 43.6 Å². The molecule has 2 aromatic rings. The van der Waals surface area contributed by atoms with Crippen LogP contribution >= 0.6 is 11.3 Å². The first-order chi connectivity index (χ1) is 14.4. The molecule has 0 radical (unpaired) electrons. The van der Waals surface area contributed by atoms with E-state index in [1.807, 2.05) is 12.1 Å². The Labute approximate surface area is 180 Å². The number of aryl methyl sites for hydroxylation is 1. The lowest BCUT2D eigenvalue weighted by atomic mass is 10.00. The highest BCUT2D eigenvalue weighted by Crippen LogP contribution is 2.38. The van der Waals surface area contributed by atoms with E-state index in [9.17, 15) is 18.5 Å². The molecule has 1 amide bonds. The number of sulfonamides is 1. The van der Waals surface area contributed by atoms with Crippen molar-refractivity contribution in [2.45, 2.75) is 38.5 Å². The van der Waals surface area contributed by atoms with Crippen LogP contribution in [-0.4, -0.2) is 33.7 Å². The monoisotopic (exact) mass is 444 g/mol. The number of hydrogen-bond acceptors (Lipinski definition) is 6. The van der Waals surface area contributed by atoms with Crippen LogP contribution in [0.1, 0.15) is 40.8 Å². The lowest BCUT2D eigenvalue weighted by Gasteiger charge is -2.32. The normalized spacial score (nSPS) is 15.3. The second-order valence-corrected chi connectivity index (χ2v) is 10.6. The summed E-state index contributed by atoms with van der Waals surface area (Å²) in [6.45, 7) is 1.35. The molecule has 2 aliphatic rings. The van der Waals surface area contributed by atoms with Crippen molar-refractivity contribution in [3.05, 3.63) is 39.8 Å². The molecule has 0 unspecified atom stereocenters. The molecule has 0 fully saturated rings. The first-order valence-corrected chi connectivity index (χ1v) is 12.8. The lowest BCUT2D eigenvalue weighted by molar-refractivity contribution is -0.116. The van der Waals surface area contributed by atoms with E-state index in [2.05, 4.69) is 21.0 Å². The predicted molar refractivity (Wildman–Crippen MR) is 120 cm³/mol. The number of fused-ring (bicyclic) bond motifs is 2. The fourth-order valence-corrected chi connectivity index (χ4v) is 6.11. The predicted octanol–water partition coefficient (Wildman–Crippen LogP) is 3.26. The average molecular weight is 445 g/mol. The standard InChI is InChI=1S/C21H24N4O3S2/c1-30(27,28)24-17-7-3-8-18-15(17)6-4-11-25(18)12-10-20(26)23-21-16(13-22)14-5-2-9-19(14)29-21/h3,7-8,24H,2,4-6,9-12H2,1H3,(H,23,26). The van der Waals surface area contributed by atoms with Crippen molar-refractivity contribution in [3.8, 4) is 6.07 Å². The zero-order chi connectivity index (χ0) is 21.3. The van der Waals surface area contributed by atoms with Crippen LogP contribution in [0.3, 0.4) is 0 Å². The van der Waals surface area contributed by atoms with Gasteiger partial charge in [-0.2, -0.15) is 5.26 Å². The zero-order valence-corrected chi connectivity index (χ0v) is 18.5. The Balaban J connectivity index is 1.44. The number of nitrogens with zero attached hydrogens (tertiary/aromatic N) is 2. The summed E-state index contributed by atoms with van der Waals surface area (Å²) >= 11 is 1.53. The van der Waals surface area contributed by atoms with Crippen molar-refractivity contribution in [2.75, 3.05) is 34.3 Å². The first-order valence-electron chi connectivity index (χ1n) is 10.0.